The summed E-state index contributed by atoms with van der Waals surface area (Å²) in [7, 11) is 0. The number of carbonyl (C=O) groups is 1. The van der Waals surface area contributed by atoms with Crippen molar-refractivity contribution < 1.29 is 9.53 Å². The van der Waals surface area contributed by atoms with Crippen molar-refractivity contribution in [2.24, 2.45) is 10.7 Å². The lowest BCUT2D eigenvalue weighted by molar-refractivity contribution is -0.118. The second-order valence-corrected chi connectivity index (χ2v) is 7.90. The first-order valence-electron chi connectivity index (χ1n) is 9.45. The summed E-state index contributed by atoms with van der Waals surface area (Å²) < 4.78 is 11.4. The second-order valence-electron chi connectivity index (χ2n) is 6.72. The number of halogens is 1. The Bertz CT molecular complexity index is 1460. The number of H-pyrrole nitrogens is 1. The molecule has 3 N–H and O–H groups in total. The number of nitrogens with one attached hydrogen (secondary N) is 1. The van der Waals surface area contributed by atoms with Crippen LogP contribution in [0.15, 0.2) is 69.4 Å². The molecule has 11 nitrogen and oxygen atoms in total. The molecule has 0 saturated heterocycles. The Kier molecular flexibility index (Phi) is 6.47. The molecule has 168 valence electrons. The van der Waals surface area contributed by atoms with Crippen LogP contribution in [0.5, 0.6) is 10.9 Å². The van der Waals surface area contributed by atoms with Crippen molar-refractivity contribution in [1.29, 1.82) is 0 Å². The predicted molar refractivity (Wildman–Crippen MR) is 121 cm³/mol. The molecule has 2 heterocycles. The zero-order valence-corrected chi connectivity index (χ0v) is 18.4. The molecule has 2 aromatic heterocycles. The van der Waals surface area contributed by atoms with Crippen molar-refractivity contribution in [3.63, 3.8) is 0 Å². The lowest BCUT2D eigenvalue weighted by Gasteiger charge is -2.10. The number of aromatic nitrogens is 5. The van der Waals surface area contributed by atoms with Gasteiger partial charge < -0.3 is 10.5 Å². The smallest absolute Gasteiger partial charge is 0.335 e. The van der Waals surface area contributed by atoms with Gasteiger partial charge in [0.15, 0.2) is 0 Å². The van der Waals surface area contributed by atoms with E-state index in [-0.39, 0.29) is 12.2 Å². The minimum absolute atomic E-state index is 0.00142. The van der Waals surface area contributed by atoms with E-state index in [4.69, 9.17) is 22.1 Å². The Morgan fingerprint density at radius 2 is 1.85 bits per heavy atom. The first-order valence-corrected chi connectivity index (χ1v) is 10.6. The number of hydrogen-bond donors (Lipinski definition) is 2. The van der Waals surface area contributed by atoms with Crippen molar-refractivity contribution in [3.8, 4) is 10.9 Å². The molecule has 33 heavy (non-hydrogen) atoms. The molecular weight excluding hydrogens is 470 g/mol. The Labute approximate surface area is 194 Å². The number of nitrogens with zero attached hydrogens (tertiary/aromatic N) is 5. The summed E-state index contributed by atoms with van der Waals surface area (Å²) in [6.07, 6.45) is 1.39. The van der Waals surface area contributed by atoms with E-state index in [9.17, 15) is 14.4 Å². The van der Waals surface area contributed by atoms with E-state index in [1.807, 2.05) is 0 Å². The predicted octanol–water partition coefficient (Wildman–Crippen LogP) is 1.40. The molecule has 2 aromatic carbocycles. The highest BCUT2D eigenvalue weighted by Gasteiger charge is 2.12. The zero-order valence-electron chi connectivity index (χ0n) is 16.8. The van der Waals surface area contributed by atoms with E-state index in [1.165, 1.54) is 10.9 Å². The van der Waals surface area contributed by atoms with Gasteiger partial charge in [0.1, 0.15) is 18.6 Å². The minimum Gasteiger partial charge on any atom is -0.430 e. The Hall–Kier alpha value is -4.03. The maximum atomic E-state index is 13.0. The van der Waals surface area contributed by atoms with Crippen molar-refractivity contribution in [2.45, 2.75) is 13.1 Å². The lowest BCUT2D eigenvalue weighted by Crippen LogP contribution is -2.51. The zero-order chi connectivity index (χ0) is 23.4. The molecule has 0 radical (unpaired) electrons. The molecule has 1 amide bonds. The van der Waals surface area contributed by atoms with Crippen LogP contribution in [-0.2, 0) is 17.9 Å². The summed E-state index contributed by atoms with van der Waals surface area (Å²) in [5.41, 5.74) is 4.83. The SMILES string of the molecule is NC(=O)Cn1c(=O)[nH]/c(=N\c2ccc(Oc3ncns3)cc2)n(Cc2ccc(Cl)cc2)c1=O. The average Bonchev–Trinajstić information content (AvgIpc) is 3.29. The number of benzene rings is 2. The second kappa shape index (κ2) is 9.63. The van der Waals surface area contributed by atoms with Crippen molar-refractivity contribution in [3.05, 3.63) is 92.0 Å². The van der Waals surface area contributed by atoms with Gasteiger partial charge in [0.2, 0.25) is 11.5 Å². The number of hydrogen-bond acceptors (Lipinski definition) is 8. The molecular formula is C20H16ClN7O4S. The molecule has 0 aliphatic heterocycles. The van der Waals surface area contributed by atoms with E-state index in [0.717, 1.165) is 21.7 Å². The number of rotatable bonds is 7. The topological polar surface area (TPSA) is 150 Å². The quantitative estimate of drug-likeness (QED) is 0.404. The number of amides is 1. The summed E-state index contributed by atoms with van der Waals surface area (Å²) in [6.45, 7) is -0.491. The van der Waals surface area contributed by atoms with Crippen molar-refractivity contribution >= 4 is 34.7 Å². The Balaban J connectivity index is 1.76. The van der Waals surface area contributed by atoms with Gasteiger partial charge in [-0.15, -0.1) is 0 Å². The molecule has 0 bridgehead atoms. The lowest BCUT2D eigenvalue weighted by atomic mass is 10.2. The van der Waals surface area contributed by atoms with Crippen molar-refractivity contribution in [1.82, 2.24) is 23.5 Å². The molecule has 13 heteroatoms. The summed E-state index contributed by atoms with van der Waals surface area (Å²) in [5.74, 6) is -0.304. The average molecular weight is 486 g/mol. The van der Waals surface area contributed by atoms with Crippen LogP contribution in [-0.4, -0.2) is 29.4 Å². The highest BCUT2D eigenvalue weighted by atomic mass is 35.5. The van der Waals surface area contributed by atoms with Gasteiger partial charge in [0, 0.05) is 16.6 Å². The maximum absolute atomic E-state index is 13.0. The van der Waals surface area contributed by atoms with Gasteiger partial charge in [-0.3, -0.25) is 14.3 Å². The molecule has 0 aliphatic carbocycles. The molecule has 0 spiro atoms. The minimum atomic E-state index is -0.823. The van der Waals surface area contributed by atoms with E-state index < -0.39 is 23.8 Å². The Morgan fingerprint density at radius 3 is 2.48 bits per heavy atom. The van der Waals surface area contributed by atoms with Crippen LogP contribution >= 0.6 is 23.1 Å². The molecule has 0 aliphatic rings. The number of ether oxygens (including phenoxy) is 1. The summed E-state index contributed by atoms with van der Waals surface area (Å²) in [5, 5.41) is 0.931. The van der Waals surface area contributed by atoms with Crippen LogP contribution in [0.25, 0.3) is 0 Å². The van der Waals surface area contributed by atoms with Crippen LogP contribution in [0.3, 0.4) is 0 Å². The molecule has 4 rings (SSSR count). The van der Waals surface area contributed by atoms with E-state index >= 15 is 0 Å². The van der Waals surface area contributed by atoms with Crippen LogP contribution in [0, 0.1) is 0 Å². The van der Waals surface area contributed by atoms with E-state index in [1.54, 1.807) is 48.5 Å². The molecule has 0 saturated carbocycles. The fourth-order valence-corrected chi connectivity index (χ4v) is 3.41. The monoisotopic (exact) mass is 485 g/mol. The molecule has 4 aromatic rings. The third-order valence-electron chi connectivity index (χ3n) is 4.37. The normalized spacial score (nSPS) is 11.5. The number of nitrogens with two attached hydrogens (primary N) is 1. The fourth-order valence-electron chi connectivity index (χ4n) is 2.87. The first kappa shape index (κ1) is 22.2. The highest BCUT2D eigenvalue weighted by molar-refractivity contribution is 7.07. The summed E-state index contributed by atoms with van der Waals surface area (Å²) >= 11 is 7.05. The van der Waals surface area contributed by atoms with Gasteiger partial charge in [-0.05, 0) is 42.0 Å². The van der Waals surface area contributed by atoms with Gasteiger partial charge in [0.05, 0.1) is 12.2 Å². The number of aromatic amines is 1. The van der Waals surface area contributed by atoms with Crippen LogP contribution in [0.1, 0.15) is 5.56 Å². The van der Waals surface area contributed by atoms with Gasteiger partial charge in [-0.1, -0.05) is 23.7 Å². The van der Waals surface area contributed by atoms with Crippen LogP contribution in [0.2, 0.25) is 5.02 Å². The van der Waals surface area contributed by atoms with Crippen LogP contribution in [0.4, 0.5) is 5.69 Å². The van der Waals surface area contributed by atoms with Gasteiger partial charge in [-0.25, -0.2) is 19.1 Å². The standard InChI is InChI=1S/C20H16ClN7O4S/c21-13-3-1-12(2-4-13)9-27-17(26-18(30)28(20(27)31)10-16(22)29)25-14-5-7-15(8-6-14)32-19-23-11-24-33-19/h1-8,11H,9-10H2,(H2,22,29)(H,25,26,30). The number of primary amides is 1. The van der Waals surface area contributed by atoms with Crippen molar-refractivity contribution in [2.75, 3.05) is 0 Å². The Morgan fingerprint density at radius 1 is 1.12 bits per heavy atom. The molecule has 0 unspecified atom stereocenters. The molecule has 0 atom stereocenters. The summed E-state index contributed by atoms with van der Waals surface area (Å²) in [6, 6.07) is 13.5. The fraction of sp³-hybridized carbons (Fsp3) is 0.100. The van der Waals surface area contributed by atoms with Crippen LogP contribution < -0.4 is 27.5 Å². The largest absolute Gasteiger partial charge is 0.430 e. The van der Waals surface area contributed by atoms with E-state index in [2.05, 4.69) is 19.3 Å². The van der Waals surface area contributed by atoms with Gasteiger partial charge in [0.25, 0.3) is 5.19 Å². The summed E-state index contributed by atoms with van der Waals surface area (Å²) in [4.78, 5) is 47.7. The third kappa shape index (κ3) is 5.42. The number of carbonyl (C=O) groups excluding carboxylic acids is 1. The third-order valence-corrected chi connectivity index (χ3v) is 5.16. The maximum Gasteiger partial charge on any atom is 0.335 e. The van der Waals surface area contributed by atoms with Gasteiger partial charge in [-0.2, -0.15) is 9.36 Å². The highest BCUT2D eigenvalue weighted by Crippen LogP contribution is 2.24. The van der Waals surface area contributed by atoms with Gasteiger partial charge >= 0.3 is 11.4 Å². The van der Waals surface area contributed by atoms with E-state index in [0.29, 0.717) is 21.7 Å². The first-order chi connectivity index (χ1) is 15.9. The molecule has 0 fully saturated rings.